The lowest BCUT2D eigenvalue weighted by molar-refractivity contribution is -0.124. The van der Waals surface area contributed by atoms with Crippen LogP contribution in [0.2, 0.25) is 5.02 Å². The van der Waals surface area contributed by atoms with E-state index in [1.54, 1.807) is 18.2 Å². The molecule has 2 N–H and O–H groups in total. The molecule has 2 aliphatic heterocycles. The Morgan fingerprint density at radius 2 is 2.07 bits per heavy atom. The number of amides is 2. The molecule has 1 fully saturated rings. The van der Waals surface area contributed by atoms with Crippen LogP contribution in [0.25, 0.3) is 0 Å². The van der Waals surface area contributed by atoms with Gasteiger partial charge in [0.2, 0.25) is 15.9 Å². The van der Waals surface area contributed by atoms with Gasteiger partial charge in [0.05, 0.1) is 10.6 Å². The molecule has 0 radical (unpaired) electrons. The number of halogens is 1. The Morgan fingerprint density at radius 1 is 1.27 bits per heavy atom. The van der Waals surface area contributed by atoms with Crippen molar-refractivity contribution in [2.45, 2.75) is 30.3 Å². The van der Waals surface area contributed by atoms with Gasteiger partial charge >= 0.3 is 0 Å². The molecule has 8 nitrogen and oxygen atoms in total. The number of fused-ring (bicyclic) bond motifs is 1. The van der Waals surface area contributed by atoms with Crippen LogP contribution in [0.3, 0.4) is 0 Å². The summed E-state index contributed by atoms with van der Waals surface area (Å²) < 4.78 is 32.9. The summed E-state index contributed by atoms with van der Waals surface area (Å²) in [6, 6.07) is 10.6. The van der Waals surface area contributed by atoms with E-state index in [0.29, 0.717) is 29.3 Å². The van der Waals surface area contributed by atoms with Gasteiger partial charge in [0.15, 0.2) is 6.61 Å². The van der Waals surface area contributed by atoms with Crippen molar-refractivity contribution < 1.29 is 22.7 Å². The molecular weight excluding hydrogens is 430 g/mol. The number of sulfonamides is 1. The summed E-state index contributed by atoms with van der Waals surface area (Å²) in [5.74, 6) is -0.315. The Balaban J connectivity index is 1.52. The third-order valence-electron chi connectivity index (χ3n) is 5.11. The van der Waals surface area contributed by atoms with E-state index in [0.717, 1.165) is 5.56 Å². The maximum absolute atomic E-state index is 13.2. The minimum Gasteiger partial charge on any atom is -0.482 e. The molecule has 1 atom stereocenters. The van der Waals surface area contributed by atoms with Gasteiger partial charge in [-0.25, -0.2) is 8.42 Å². The number of ether oxygens (including phenoxy) is 1. The molecule has 158 valence electrons. The highest BCUT2D eigenvalue weighted by Crippen LogP contribution is 2.33. The molecule has 4 rings (SSSR count). The standard InChI is InChI=1S/C20H20ClN3O5S/c21-15-5-2-1-4-13(15)11-22-20(26)17-6-3-9-24(17)30(27,28)14-7-8-18-16(10-14)23-19(25)12-29-18/h1-2,4-5,7-8,10,17H,3,6,9,11-12H2,(H,22,26)(H,23,25)/t17-/m0/s1. The first kappa shape index (κ1) is 20.6. The summed E-state index contributed by atoms with van der Waals surface area (Å²) in [6.07, 6.45) is 1.01. The number of hydrogen-bond acceptors (Lipinski definition) is 5. The van der Waals surface area contributed by atoms with E-state index < -0.39 is 16.1 Å². The minimum absolute atomic E-state index is 0.00199. The first-order valence-electron chi connectivity index (χ1n) is 9.46. The fourth-order valence-electron chi connectivity index (χ4n) is 3.59. The van der Waals surface area contributed by atoms with Gasteiger partial charge in [-0.15, -0.1) is 0 Å². The second-order valence-electron chi connectivity index (χ2n) is 7.08. The van der Waals surface area contributed by atoms with Crippen LogP contribution in [-0.2, 0) is 26.2 Å². The van der Waals surface area contributed by atoms with Crippen molar-refractivity contribution in [1.82, 2.24) is 9.62 Å². The topological polar surface area (TPSA) is 105 Å². The molecule has 30 heavy (non-hydrogen) atoms. The molecule has 0 unspecified atom stereocenters. The first-order chi connectivity index (χ1) is 14.4. The molecule has 2 heterocycles. The smallest absolute Gasteiger partial charge is 0.262 e. The van der Waals surface area contributed by atoms with E-state index >= 15 is 0 Å². The summed E-state index contributed by atoms with van der Waals surface area (Å²) in [6.45, 7) is 0.344. The number of benzene rings is 2. The largest absolute Gasteiger partial charge is 0.482 e. The number of nitrogens with zero attached hydrogens (tertiary/aromatic N) is 1. The number of hydrogen-bond donors (Lipinski definition) is 2. The highest BCUT2D eigenvalue weighted by atomic mass is 35.5. The van der Waals surface area contributed by atoms with Gasteiger partial charge in [-0.2, -0.15) is 4.31 Å². The monoisotopic (exact) mass is 449 g/mol. The molecule has 1 saturated heterocycles. The molecule has 0 aromatic heterocycles. The van der Waals surface area contributed by atoms with E-state index in [-0.39, 0.29) is 36.4 Å². The molecule has 2 aliphatic rings. The molecule has 0 saturated carbocycles. The van der Waals surface area contributed by atoms with Gasteiger partial charge in [0.25, 0.3) is 5.91 Å². The third kappa shape index (κ3) is 4.00. The van der Waals surface area contributed by atoms with Crippen LogP contribution in [0.5, 0.6) is 5.75 Å². The Morgan fingerprint density at radius 3 is 2.87 bits per heavy atom. The number of carbonyl (C=O) groups is 2. The second-order valence-corrected chi connectivity index (χ2v) is 9.38. The number of carbonyl (C=O) groups excluding carboxylic acids is 2. The predicted molar refractivity (Wildman–Crippen MR) is 111 cm³/mol. The SMILES string of the molecule is O=C1COc2ccc(S(=O)(=O)N3CCC[C@H]3C(=O)NCc3ccccc3Cl)cc2N1. The van der Waals surface area contributed by atoms with Crippen LogP contribution in [0.4, 0.5) is 5.69 Å². The van der Waals surface area contributed by atoms with Crippen molar-refractivity contribution in [1.29, 1.82) is 0 Å². The molecule has 0 spiro atoms. The Bertz CT molecular complexity index is 1110. The van der Waals surface area contributed by atoms with Gasteiger partial charge in [-0.05, 0) is 42.7 Å². The van der Waals surface area contributed by atoms with E-state index in [9.17, 15) is 18.0 Å². The molecular formula is C20H20ClN3O5S. The highest BCUT2D eigenvalue weighted by Gasteiger charge is 2.39. The van der Waals surface area contributed by atoms with Gasteiger partial charge in [-0.1, -0.05) is 29.8 Å². The van der Waals surface area contributed by atoms with Gasteiger partial charge < -0.3 is 15.4 Å². The summed E-state index contributed by atoms with van der Waals surface area (Å²) in [5, 5.41) is 5.92. The van der Waals surface area contributed by atoms with Crippen LogP contribution in [0, 0.1) is 0 Å². The van der Waals surface area contributed by atoms with Crippen LogP contribution in [-0.4, -0.2) is 43.7 Å². The quantitative estimate of drug-likeness (QED) is 0.727. The zero-order valence-electron chi connectivity index (χ0n) is 15.9. The third-order valence-corrected chi connectivity index (χ3v) is 7.38. The van der Waals surface area contributed by atoms with Crippen molar-refractivity contribution in [2.75, 3.05) is 18.5 Å². The zero-order valence-corrected chi connectivity index (χ0v) is 17.5. The number of rotatable bonds is 5. The van der Waals surface area contributed by atoms with E-state index in [1.165, 1.54) is 22.5 Å². The van der Waals surface area contributed by atoms with Gasteiger partial charge in [0.1, 0.15) is 11.8 Å². The molecule has 2 amide bonds. The van der Waals surface area contributed by atoms with Crippen LogP contribution >= 0.6 is 11.6 Å². The summed E-state index contributed by atoms with van der Waals surface area (Å²) in [4.78, 5) is 24.3. The molecule has 0 bridgehead atoms. The second kappa shape index (κ2) is 8.25. The average molecular weight is 450 g/mol. The van der Waals surface area contributed by atoms with Crippen LogP contribution in [0.15, 0.2) is 47.4 Å². The molecule has 2 aromatic carbocycles. The molecule has 10 heteroatoms. The van der Waals surface area contributed by atoms with Crippen LogP contribution in [0.1, 0.15) is 18.4 Å². The highest BCUT2D eigenvalue weighted by molar-refractivity contribution is 7.89. The maximum Gasteiger partial charge on any atom is 0.262 e. The van der Waals surface area contributed by atoms with Crippen molar-refractivity contribution in [3.05, 3.63) is 53.1 Å². The van der Waals surface area contributed by atoms with E-state index in [2.05, 4.69) is 10.6 Å². The maximum atomic E-state index is 13.2. The van der Waals surface area contributed by atoms with Crippen molar-refractivity contribution in [2.24, 2.45) is 0 Å². The Kier molecular flexibility index (Phi) is 5.68. The Labute approximate surface area is 179 Å². The fraction of sp³-hybridized carbons (Fsp3) is 0.300. The molecule has 0 aliphatic carbocycles. The van der Waals surface area contributed by atoms with E-state index in [4.69, 9.17) is 16.3 Å². The number of anilines is 1. The summed E-state index contributed by atoms with van der Waals surface area (Å²) in [7, 11) is -3.94. The normalized spacial score (nSPS) is 19.0. The van der Waals surface area contributed by atoms with Crippen molar-refractivity contribution in [3.8, 4) is 5.75 Å². The van der Waals surface area contributed by atoms with E-state index in [1.807, 2.05) is 6.07 Å². The minimum atomic E-state index is -3.94. The first-order valence-corrected chi connectivity index (χ1v) is 11.3. The average Bonchev–Trinajstić information content (AvgIpc) is 3.23. The van der Waals surface area contributed by atoms with Crippen LogP contribution < -0.4 is 15.4 Å². The summed E-state index contributed by atoms with van der Waals surface area (Å²) in [5.41, 5.74) is 1.05. The molecule has 2 aromatic rings. The lowest BCUT2D eigenvalue weighted by atomic mass is 10.2. The number of nitrogens with one attached hydrogen (secondary N) is 2. The predicted octanol–water partition coefficient (Wildman–Crippen LogP) is 2.14. The Hall–Kier alpha value is -2.62. The summed E-state index contributed by atoms with van der Waals surface area (Å²) >= 11 is 6.12. The van der Waals surface area contributed by atoms with Crippen molar-refractivity contribution >= 4 is 39.1 Å². The van der Waals surface area contributed by atoms with Crippen molar-refractivity contribution in [3.63, 3.8) is 0 Å². The van der Waals surface area contributed by atoms with Gasteiger partial charge in [-0.3, -0.25) is 9.59 Å². The lowest BCUT2D eigenvalue weighted by Crippen LogP contribution is -2.45. The van der Waals surface area contributed by atoms with Gasteiger partial charge in [0, 0.05) is 18.1 Å². The lowest BCUT2D eigenvalue weighted by Gasteiger charge is -2.24. The fourth-order valence-corrected chi connectivity index (χ4v) is 5.48. The zero-order chi connectivity index (χ0) is 21.3.